The maximum absolute atomic E-state index is 3.65. The Kier molecular flexibility index (Phi) is 3.72. The molecule has 0 aromatic heterocycles. The summed E-state index contributed by atoms with van der Waals surface area (Å²) >= 11 is 3.65. The van der Waals surface area contributed by atoms with E-state index in [1.54, 1.807) is 0 Å². The van der Waals surface area contributed by atoms with Gasteiger partial charge in [0.1, 0.15) is 0 Å². The Bertz CT molecular complexity index is 954. The Morgan fingerprint density at radius 1 is 0.435 bits per heavy atom. The van der Waals surface area contributed by atoms with Crippen molar-refractivity contribution in [2.75, 3.05) is 0 Å². The van der Waals surface area contributed by atoms with Crippen molar-refractivity contribution >= 4 is 26.7 Å². The lowest BCUT2D eigenvalue weighted by atomic mass is 9.96. The molecule has 0 atom stereocenters. The molecule has 0 amide bonds. The van der Waals surface area contributed by atoms with E-state index in [4.69, 9.17) is 0 Å². The third-order valence-electron chi connectivity index (χ3n) is 4.17. The topological polar surface area (TPSA) is 0 Å². The van der Waals surface area contributed by atoms with Crippen LogP contribution in [0.25, 0.3) is 33.0 Å². The van der Waals surface area contributed by atoms with Crippen LogP contribution in [0.3, 0.4) is 0 Å². The molecule has 4 aromatic rings. The second-order valence-electron chi connectivity index (χ2n) is 5.58. The Balaban J connectivity index is 1.82. The molecule has 0 heterocycles. The van der Waals surface area contributed by atoms with Crippen molar-refractivity contribution in [3.8, 4) is 22.3 Å². The normalized spacial score (nSPS) is 10.8. The molecule has 1 heteroatoms. The summed E-state index contributed by atoms with van der Waals surface area (Å²) < 4.78 is 1.14. The third-order valence-corrected chi connectivity index (χ3v) is 4.87. The Hall–Kier alpha value is -2.38. The summed E-state index contributed by atoms with van der Waals surface area (Å²) in [5.74, 6) is 0. The molecule has 110 valence electrons. The van der Waals surface area contributed by atoms with E-state index >= 15 is 0 Å². The van der Waals surface area contributed by atoms with Crippen LogP contribution >= 0.6 is 15.9 Å². The van der Waals surface area contributed by atoms with Gasteiger partial charge in [0.15, 0.2) is 0 Å². The van der Waals surface area contributed by atoms with Crippen LogP contribution in [0.15, 0.2) is 95.5 Å². The number of hydrogen-bond acceptors (Lipinski definition) is 0. The molecule has 0 unspecified atom stereocenters. The van der Waals surface area contributed by atoms with Crippen LogP contribution in [-0.2, 0) is 0 Å². The zero-order valence-corrected chi connectivity index (χ0v) is 14.1. The maximum atomic E-state index is 3.65. The highest BCUT2D eigenvalue weighted by atomic mass is 79.9. The quantitative estimate of drug-likeness (QED) is 0.364. The molecule has 0 nitrogen and oxygen atoms in total. The number of benzene rings is 4. The van der Waals surface area contributed by atoms with Crippen LogP contribution in [0.2, 0.25) is 0 Å². The van der Waals surface area contributed by atoms with E-state index in [9.17, 15) is 0 Å². The summed E-state index contributed by atoms with van der Waals surface area (Å²) in [6.07, 6.45) is 0. The predicted molar refractivity (Wildman–Crippen MR) is 103 cm³/mol. The number of rotatable bonds is 2. The molecular formula is C22H15Br. The van der Waals surface area contributed by atoms with Crippen LogP contribution in [-0.4, -0.2) is 0 Å². The molecule has 0 saturated carbocycles. The van der Waals surface area contributed by atoms with Crippen LogP contribution in [0, 0.1) is 0 Å². The second kappa shape index (κ2) is 6.02. The predicted octanol–water partition coefficient (Wildman–Crippen LogP) is 6.94. The fraction of sp³-hybridized carbons (Fsp3) is 0. The number of halogens is 1. The monoisotopic (exact) mass is 358 g/mol. The van der Waals surface area contributed by atoms with E-state index in [1.807, 2.05) is 6.07 Å². The molecule has 0 aliphatic heterocycles. The van der Waals surface area contributed by atoms with Gasteiger partial charge in [0.2, 0.25) is 0 Å². The molecule has 0 bridgehead atoms. The van der Waals surface area contributed by atoms with Crippen LogP contribution < -0.4 is 0 Å². The average molecular weight is 359 g/mol. The molecule has 4 aromatic carbocycles. The summed E-state index contributed by atoms with van der Waals surface area (Å²) in [7, 11) is 0. The van der Waals surface area contributed by atoms with Gasteiger partial charge in [-0.3, -0.25) is 0 Å². The van der Waals surface area contributed by atoms with Crippen LogP contribution in [0.1, 0.15) is 0 Å². The third kappa shape index (κ3) is 2.69. The molecule has 0 spiro atoms. The van der Waals surface area contributed by atoms with E-state index in [-0.39, 0.29) is 0 Å². The highest BCUT2D eigenvalue weighted by Crippen LogP contribution is 2.34. The summed E-state index contributed by atoms with van der Waals surface area (Å²) in [5.41, 5.74) is 5.01. The van der Waals surface area contributed by atoms with Gasteiger partial charge in [0.05, 0.1) is 0 Å². The average Bonchev–Trinajstić information content (AvgIpc) is 2.63. The van der Waals surface area contributed by atoms with Gasteiger partial charge in [0, 0.05) is 4.47 Å². The molecule has 0 aliphatic rings. The van der Waals surface area contributed by atoms with Crippen molar-refractivity contribution < 1.29 is 0 Å². The summed E-state index contributed by atoms with van der Waals surface area (Å²) in [4.78, 5) is 0. The van der Waals surface area contributed by atoms with E-state index in [2.05, 4.69) is 101 Å². The van der Waals surface area contributed by atoms with Crippen molar-refractivity contribution in [3.05, 3.63) is 95.5 Å². The maximum Gasteiger partial charge on any atom is 0.0254 e. The van der Waals surface area contributed by atoms with Gasteiger partial charge >= 0.3 is 0 Å². The minimum atomic E-state index is 1.14. The highest BCUT2D eigenvalue weighted by Gasteiger charge is 2.06. The molecule has 0 radical (unpaired) electrons. The molecule has 0 aliphatic carbocycles. The zero-order chi connectivity index (χ0) is 15.6. The first-order valence-corrected chi connectivity index (χ1v) is 8.45. The lowest BCUT2D eigenvalue weighted by Gasteiger charge is -2.09. The first-order chi connectivity index (χ1) is 11.3. The van der Waals surface area contributed by atoms with Crippen molar-refractivity contribution in [2.24, 2.45) is 0 Å². The van der Waals surface area contributed by atoms with Gasteiger partial charge < -0.3 is 0 Å². The lowest BCUT2D eigenvalue weighted by Crippen LogP contribution is -1.83. The summed E-state index contributed by atoms with van der Waals surface area (Å²) in [6.45, 7) is 0. The first kappa shape index (κ1) is 14.2. The largest absolute Gasteiger partial charge is 0.0622 e. The first-order valence-electron chi connectivity index (χ1n) is 7.66. The number of hydrogen-bond donors (Lipinski definition) is 0. The number of fused-ring (bicyclic) bond motifs is 1. The van der Waals surface area contributed by atoms with Crippen LogP contribution in [0.5, 0.6) is 0 Å². The van der Waals surface area contributed by atoms with E-state index in [0.717, 1.165) is 4.47 Å². The SMILES string of the molecule is Brc1ccc(-c2ccc(-c3ccccc3)cc2)c2ccccc12. The van der Waals surface area contributed by atoms with Crippen molar-refractivity contribution in [1.82, 2.24) is 0 Å². The molecular weight excluding hydrogens is 344 g/mol. The van der Waals surface area contributed by atoms with E-state index in [0.29, 0.717) is 0 Å². The smallest absolute Gasteiger partial charge is 0.0254 e. The summed E-state index contributed by atoms with van der Waals surface area (Å²) in [6, 6.07) is 32.1. The van der Waals surface area contributed by atoms with E-state index < -0.39 is 0 Å². The van der Waals surface area contributed by atoms with Crippen molar-refractivity contribution in [2.45, 2.75) is 0 Å². The van der Waals surface area contributed by atoms with Gasteiger partial charge in [-0.2, -0.15) is 0 Å². The van der Waals surface area contributed by atoms with Crippen LogP contribution in [0.4, 0.5) is 0 Å². The minimum Gasteiger partial charge on any atom is -0.0622 e. The zero-order valence-electron chi connectivity index (χ0n) is 12.5. The van der Waals surface area contributed by atoms with Gasteiger partial charge in [0.25, 0.3) is 0 Å². The standard InChI is InChI=1S/C22H15Br/c23-22-15-14-19(20-8-4-5-9-21(20)22)18-12-10-17(11-13-18)16-6-2-1-3-7-16/h1-15H. The van der Waals surface area contributed by atoms with Gasteiger partial charge in [-0.15, -0.1) is 0 Å². The van der Waals surface area contributed by atoms with E-state index in [1.165, 1.54) is 33.0 Å². The molecule has 0 N–H and O–H groups in total. The Morgan fingerprint density at radius 3 is 1.74 bits per heavy atom. The molecule has 4 rings (SSSR count). The van der Waals surface area contributed by atoms with Crippen molar-refractivity contribution in [1.29, 1.82) is 0 Å². The second-order valence-corrected chi connectivity index (χ2v) is 6.44. The lowest BCUT2D eigenvalue weighted by molar-refractivity contribution is 1.60. The van der Waals surface area contributed by atoms with Gasteiger partial charge in [-0.05, 0) is 39.1 Å². The fourth-order valence-corrected chi connectivity index (χ4v) is 3.46. The minimum absolute atomic E-state index is 1.14. The Morgan fingerprint density at radius 2 is 1.00 bits per heavy atom. The summed E-state index contributed by atoms with van der Waals surface area (Å²) in [5, 5.41) is 2.52. The fourth-order valence-electron chi connectivity index (χ4n) is 2.99. The van der Waals surface area contributed by atoms with Gasteiger partial charge in [-0.25, -0.2) is 0 Å². The molecule has 0 saturated heterocycles. The molecule has 23 heavy (non-hydrogen) atoms. The molecule has 0 fully saturated rings. The van der Waals surface area contributed by atoms with Gasteiger partial charge in [-0.1, -0.05) is 101 Å². The van der Waals surface area contributed by atoms with Crippen molar-refractivity contribution in [3.63, 3.8) is 0 Å². The highest BCUT2D eigenvalue weighted by molar-refractivity contribution is 9.10. The Labute approximate surface area is 144 Å².